The number of benzene rings is 2. The highest BCUT2D eigenvalue weighted by molar-refractivity contribution is 5.91. The second kappa shape index (κ2) is 9.41. The van der Waals surface area contributed by atoms with Gasteiger partial charge in [0, 0.05) is 12.1 Å². The van der Waals surface area contributed by atoms with Crippen molar-refractivity contribution >= 4 is 12.0 Å². The maximum Gasteiger partial charge on any atom is 0.246 e. The topological polar surface area (TPSA) is 95.7 Å². The summed E-state index contributed by atoms with van der Waals surface area (Å²) in [4.78, 5) is 16.3. The Hall–Kier alpha value is -3.81. The normalized spacial score (nSPS) is 10.7. The van der Waals surface area contributed by atoms with Gasteiger partial charge in [-0.2, -0.15) is 4.98 Å². The Labute approximate surface area is 168 Å². The molecule has 0 radical (unpaired) electrons. The summed E-state index contributed by atoms with van der Waals surface area (Å²) in [5.41, 5.74) is 1.54. The minimum Gasteiger partial charge on any atom is -0.497 e. The first-order chi connectivity index (χ1) is 14.1. The Morgan fingerprint density at radius 3 is 2.45 bits per heavy atom. The van der Waals surface area contributed by atoms with Crippen LogP contribution < -0.4 is 19.5 Å². The van der Waals surface area contributed by atoms with Crippen molar-refractivity contribution in [1.82, 2.24) is 15.5 Å². The first-order valence-corrected chi connectivity index (χ1v) is 8.78. The summed E-state index contributed by atoms with van der Waals surface area (Å²) >= 11 is 0. The van der Waals surface area contributed by atoms with Gasteiger partial charge in [-0.05, 0) is 35.9 Å². The largest absolute Gasteiger partial charge is 0.497 e. The van der Waals surface area contributed by atoms with Crippen LogP contribution in [-0.2, 0) is 11.3 Å². The van der Waals surface area contributed by atoms with Crippen molar-refractivity contribution in [1.29, 1.82) is 0 Å². The molecule has 0 saturated heterocycles. The van der Waals surface area contributed by atoms with Crippen LogP contribution in [0.15, 0.2) is 53.1 Å². The van der Waals surface area contributed by atoms with E-state index in [0.717, 1.165) is 11.3 Å². The molecule has 8 nitrogen and oxygen atoms in total. The number of aromatic nitrogens is 2. The molecule has 0 atom stereocenters. The van der Waals surface area contributed by atoms with Crippen molar-refractivity contribution in [2.45, 2.75) is 6.54 Å². The van der Waals surface area contributed by atoms with Crippen LogP contribution >= 0.6 is 0 Å². The molecule has 0 fully saturated rings. The van der Waals surface area contributed by atoms with Crippen LogP contribution in [0.3, 0.4) is 0 Å². The first kappa shape index (κ1) is 19.9. The fourth-order valence-electron chi connectivity index (χ4n) is 2.53. The summed E-state index contributed by atoms with van der Waals surface area (Å²) in [6, 6.07) is 12.7. The molecule has 3 aromatic rings. The maximum absolute atomic E-state index is 12.0. The smallest absolute Gasteiger partial charge is 0.246 e. The van der Waals surface area contributed by atoms with E-state index in [-0.39, 0.29) is 18.3 Å². The van der Waals surface area contributed by atoms with Crippen LogP contribution in [0.2, 0.25) is 0 Å². The zero-order valence-corrected chi connectivity index (χ0v) is 16.3. The summed E-state index contributed by atoms with van der Waals surface area (Å²) in [6.45, 7) is 0.108. The van der Waals surface area contributed by atoms with E-state index >= 15 is 0 Å². The fourth-order valence-corrected chi connectivity index (χ4v) is 2.53. The summed E-state index contributed by atoms with van der Waals surface area (Å²) < 4.78 is 20.8. The molecular formula is C21H21N3O5. The van der Waals surface area contributed by atoms with Gasteiger partial charge in [0.15, 0.2) is 0 Å². The molecule has 29 heavy (non-hydrogen) atoms. The monoisotopic (exact) mass is 395 g/mol. The Kier molecular flexibility index (Phi) is 6.47. The highest BCUT2D eigenvalue weighted by atomic mass is 16.5. The van der Waals surface area contributed by atoms with Crippen molar-refractivity contribution < 1.29 is 23.5 Å². The molecule has 150 valence electrons. The minimum atomic E-state index is -0.275. The molecule has 0 bridgehead atoms. The minimum absolute atomic E-state index is 0.108. The Morgan fingerprint density at radius 1 is 1.03 bits per heavy atom. The average Bonchev–Trinajstić information content (AvgIpc) is 3.25. The molecule has 8 heteroatoms. The van der Waals surface area contributed by atoms with Gasteiger partial charge in [0.25, 0.3) is 0 Å². The number of nitrogens with one attached hydrogen (secondary N) is 1. The number of amides is 1. The quantitative estimate of drug-likeness (QED) is 0.586. The van der Waals surface area contributed by atoms with Gasteiger partial charge < -0.3 is 24.1 Å². The molecule has 0 aliphatic carbocycles. The van der Waals surface area contributed by atoms with Gasteiger partial charge in [0.2, 0.25) is 17.6 Å². The van der Waals surface area contributed by atoms with Gasteiger partial charge in [0.1, 0.15) is 17.2 Å². The fraction of sp³-hybridized carbons (Fsp3) is 0.190. The zero-order chi connectivity index (χ0) is 20.6. The summed E-state index contributed by atoms with van der Waals surface area (Å²) in [5.74, 6) is 2.34. The van der Waals surface area contributed by atoms with Gasteiger partial charge in [-0.1, -0.05) is 17.3 Å². The van der Waals surface area contributed by atoms with Crippen LogP contribution in [0, 0.1) is 0 Å². The van der Waals surface area contributed by atoms with Crippen LogP contribution in [-0.4, -0.2) is 37.4 Å². The van der Waals surface area contributed by atoms with Gasteiger partial charge in [-0.15, -0.1) is 0 Å². The van der Waals surface area contributed by atoms with Crippen molar-refractivity contribution in [2.24, 2.45) is 0 Å². The van der Waals surface area contributed by atoms with E-state index in [2.05, 4.69) is 15.5 Å². The third-order valence-electron chi connectivity index (χ3n) is 4.07. The van der Waals surface area contributed by atoms with Crippen LogP contribution in [0.25, 0.3) is 17.5 Å². The van der Waals surface area contributed by atoms with Gasteiger partial charge in [-0.25, -0.2) is 0 Å². The SMILES string of the molecule is COc1ccc(/C=C/C(=O)NCc2nc(-c3ccc(OC)cc3OC)no2)cc1. The Balaban J connectivity index is 1.60. The summed E-state index contributed by atoms with van der Waals surface area (Å²) in [7, 11) is 4.73. The van der Waals surface area contributed by atoms with Crippen LogP contribution in [0.1, 0.15) is 11.5 Å². The van der Waals surface area contributed by atoms with Crippen molar-refractivity contribution in [3.8, 4) is 28.6 Å². The van der Waals surface area contributed by atoms with Crippen molar-refractivity contribution in [3.63, 3.8) is 0 Å². The molecular weight excluding hydrogens is 374 g/mol. The molecule has 0 spiro atoms. The lowest BCUT2D eigenvalue weighted by molar-refractivity contribution is -0.116. The molecule has 3 rings (SSSR count). The predicted octanol–water partition coefficient (Wildman–Crippen LogP) is 3.09. The molecule has 1 heterocycles. The van der Waals surface area contributed by atoms with E-state index in [0.29, 0.717) is 22.9 Å². The van der Waals surface area contributed by atoms with E-state index in [4.69, 9.17) is 18.7 Å². The highest BCUT2D eigenvalue weighted by Crippen LogP contribution is 2.31. The lowest BCUT2D eigenvalue weighted by Crippen LogP contribution is -2.20. The van der Waals surface area contributed by atoms with E-state index in [1.54, 1.807) is 45.6 Å². The highest BCUT2D eigenvalue weighted by Gasteiger charge is 2.14. The number of methoxy groups -OCH3 is 3. The third-order valence-corrected chi connectivity index (χ3v) is 4.07. The van der Waals surface area contributed by atoms with Crippen molar-refractivity contribution in [2.75, 3.05) is 21.3 Å². The molecule has 1 N–H and O–H groups in total. The number of carbonyl (C=O) groups excluding carboxylic acids is 1. The van der Waals surface area contributed by atoms with E-state index in [1.165, 1.54) is 6.08 Å². The predicted molar refractivity (Wildman–Crippen MR) is 107 cm³/mol. The second-order valence-electron chi connectivity index (χ2n) is 5.90. The maximum atomic E-state index is 12.0. The zero-order valence-electron chi connectivity index (χ0n) is 16.3. The average molecular weight is 395 g/mol. The van der Waals surface area contributed by atoms with E-state index in [1.807, 2.05) is 24.3 Å². The third kappa shape index (κ3) is 5.13. The molecule has 0 saturated carbocycles. The molecule has 1 amide bonds. The Morgan fingerprint density at radius 2 is 1.76 bits per heavy atom. The number of ether oxygens (including phenoxy) is 3. The van der Waals surface area contributed by atoms with Crippen LogP contribution in [0.5, 0.6) is 17.2 Å². The standard InChI is InChI=1S/C21H21N3O5/c1-26-15-7-4-14(5-8-15)6-11-19(25)22-13-20-23-21(24-29-20)17-10-9-16(27-2)12-18(17)28-3/h4-12H,13H2,1-3H3,(H,22,25)/b11-6+. The van der Waals surface area contributed by atoms with Crippen LogP contribution in [0.4, 0.5) is 0 Å². The van der Waals surface area contributed by atoms with Crippen molar-refractivity contribution in [3.05, 3.63) is 60.0 Å². The van der Waals surface area contributed by atoms with E-state index in [9.17, 15) is 4.79 Å². The van der Waals surface area contributed by atoms with E-state index < -0.39 is 0 Å². The summed E-state index contributed by atoms with van der Waals surface area (Å²) in [6.07, 6.45) is 3.14. The first-order valence-electron chi connectivity index (χ1n) is 8.78. The molecule has 0 aliphatic rings. The number of hydrogen-bond donors (Lipinski definition) is 1. The number of carbonyl (C=O) groups is 1. The number of nitrogens with zero attached hydrogens (tertiary/aromatic N) is 2. The Bertz CT molecular complexity index is 996. The molecule has 1 aromatic heterocycles. The number of hydrogen-bond acceptors (Lipinski definition) is 7. The van der Waals surface area contributed by atoms with Gasteiger partial charge >= 0.3 is 0 Å². The lowest BCUT2D eigenvalue weighted by Gasteiger charge is -2.07. The number of rotatable bonds is 8. The lowest BCUT2D eigenvalue weighted by atomic mass is 10.2. The molecule has 0 unspecified atom stereocenters. The van der Waals surface area contributed by atoms with Gasteiger partial charge in [0.05, 0.1) is 33.4 Å². The van der Waals surface area contributed by atoms with Gasteiger partial charge in [-0.3, -0.25) is 4.79 Å². The summed E-state index contributed by atoms with van der Waals surface area (Å²) in [5, 5.41) is 6.66. The molecule has 0 aliphatic heterocycles. The second-order valence-corrected chi connectivity index (χ2v) is 5.90. The molecule has 2 aromatic carbocycles.